The van der Waals surface area contributed by atoms with Crippen LogP contribution in [0.1, 0.15) is 61.2 Å². The molecule has 0 saturated heterocycles. The number of carbonyl (C=O) groups excluding carboxylic acids is 1. The zero-order valence-corrected chi connectivity index (χ0v) is 18.2. The Bertz CT molecular complexity index is 1070. The molecule has 2 N–H and O–H groups in total. The number of halogens is 1. The van der Waals surface area contributed by atoms with Crippen LogP contribution >= 0.6 is 0 Å². The van der Waals surface area contributed by atoms with E-state index >= 15 is 0 Å². The third-order valence-electron chi connectivity index (χ3n) is 8.10. The molecule has 1 aromatic heterocycles. The number of fused-ring (bicyclic) bond motifs is 1. The molecule has 4 fully saturated rings. The van der Waals surface area contributed by atoms with E-state index in [1.165, 1.54) is 31.4 Å². The Balaban J connectivity index is 1.16. The van der Waals surface area contributed by atoms with Gasteiger partial charge in [0.15, 0.2) is 0 Å². The van der Waals surface area contributed by atoms with Crippen molar-refractivity contribution < 1.29 is 9.18 Å². The van der Waals surface area contributed by atoms with Gasteiger partial charge in [0.05, 0.1) is 17.8 Å². The van der Waals surface area contributed by atoms with Gasteiger partial charge in [-0.25, -0.2) is 14.2 Å². The molecule has 5 aliphatic rings. The molecule has 6 nitrogen and oxygen atoms in total. The molecular weight excluding hydrogens is 407 g/mol. The zero-order chi connectivity index (χ0) is 21.9. The summed E-state index contributed by atoms with van der Waals surface area (Å²) in [7, 11) is 0. The summed E-state index contributed by atoms with van der Waals surface area (Å²) < 4.78 is 13.1. The summed E-state index contributed by atoms with van der Waals surface area (Å²) in [6, 6.07) is 6.18. The van der Waals surface area contributed by atoms with Crippen LogP contribution in [0.15, 0.2) is 29.1 Å². The van der Waals surface area contributed by atoms with Crippen LogP contribution in [0.3, 0.4) is 0 Å². The maximum absolute atomic E-state index is 13.2. The summed E-state index contributed by atoms with van der Waals surface area (Å²) in [5.74, 6) is 2.61. The van der Waals surface area contributed by atoms with Crippen LogP contribution in [-0.4, -0.2) is 33.0 Å². The summed E-state index contributed by atoms with van der Waals surface area (Å²) in [5.41, 5.74) is 2.03. The molecule has 0 atom stereocenters. The van der Waals surface area contributed by atoms with Crippen molar-refractivity contribution in [2.75, 3.05) is 6.54 Å². The van der Waals surface area contributed by atoms with Gasteiger partial charge in [-0.3, -0.25) is 4.79 Å². The molecule has 4 saturated carbocycles. The predicted molar refractivity (Wildman–Crippen MR) is 118 cm³/mol. The fourth-order valence-electron chi connectivity index (χ4n) is 7.10. The largest absolute Gasteiger partial charge is 0.333 e. The van der Waals surface area contributed by atoms with Gasteiger partial charge >= 0.3 is 6.03 Å². The fourth-order valence-corrected chi connectivity index (χ4v) is 7.10. The molecule has 2 aromatic rings. The number of hydrogen-bond donors (Lipinski definition) is 2. The Labute approximate surface area is 186 Å². The smallest absolute Gasteiger partial charge is 0.318 e. The number of amides is 2. The molecular formula is C25H29FN4O2. The van der Waals surface area contributed by atoms with Gasteiger partial charge in [-0.1, -0.05) is 12.1 Å². The first kappa shape index (κ1) is 19.9. The van der Waals surface area contributed by atoms with Crippen LogP contribution < -0.4 is 10.9 Å². The van der Waals surface area contributed by atoms with E-state index in [-0.39, 0.29) is 22.9 Å². The molecule has 1 aliphatic heterocycles. The van der Waals surface area contributed by atoms with Gasteiger partial charge in [0.25, 0.3) is 5.56 Å². The average Bonchev–Trinajstić information content (AvgIpc) is 2.74. The van der Waals surface area contributed by atoms with Crippen molar-refractivity contribution in [2.45, 2.75) is 63.5 Å². The maximum atomic E-state index is 13.2. The first-order chi connectivity index (χ1) is 15.4. The molecule has 32 heavy (non-hydrogen) atoms. The number of hydrogen-bond acceptors (Lipinski definition) is 3. The van der Waals surface area contributed by atoms with Crippen LogP contribution in [0.5, 0.6) is 0 Å². The summed E-state index contributed by atoms with van der Waals surface area (Å²) in [6.45, 7) is 0.865. The molecule has 0 unspecified atom stereocenters. The van der Waals surface area contributed by atoms with Crippen LogP contribution in [0.4, 0.5) is 9.18 Å². The van der Waals surface area contributed by atoms with Gasteiger partial charge in [-0.15, -0.1) is 0 Å². The minimum absolute atomic E-state index is 0.0319. The number of carbonyl (C=O) groups is 1. The minimum Gasteiger partial charge on any atom is -0.333 e. The van der Waals surface area contributed by atoms with Gasteiger partial charge in [-0.2, -0.15) is 0 Å². The second kappa shape index (κ2) is 7.42. The van der Waals surface area contributed by atoms with Crippen molar-refractivity contribution in [1.82, 2.24) is 20.2 Å². The van der Waals surface area contributed by atoms with Gasteiger partial charge in [-0.05, 0) is 74.0 Å². The number of urea groups is 1. The summed E-state index contributed by atoms with van der Waals surface area (Å²) in [4.78, 5) is 35.3. The molecule has 0 spiro atoms. The summed E-state index contributed by atoms with van der Waals surface area (Å²) >= 11 is 0. The third-order valence-corrected chi connectivity index (χ3v) is 8.10. The van der Waals surface area contributed by atoms with Gasteiger partial charge in [0.2, 0.25) is 0 Å². The van der Waals surface area contributed by atoms with E-state index in [4.69, 9.17) is 0 Å². The molecule has 0 radical (unpaired) electrons. The Morgan fingerprint density at radius 2 is 1.78 bits per heavy atom. The van der Waals surface area contributed by atoms with Crippen molar-refractivity contribution in [1.29, 1.82) is 0 Å². The second-order valence-corrected chi connectivity index (χ2v) is 10.5. The van der Waals surface area contributed by atoms with E-state index < -0.39 is 0 Å². The van der Waals surface area contributed by atoms with E-state index in [9.17, 15) is 14.0 Å². The lowest BCUT2D eigenvalue weighted by molar-refractivity contribution is -0.0159. The first-order valence-electron chi connectivity index (χ1n) is 11.9. The number of benzene rings is 1. The molecule has 2 heterocycles. The molecule has 7 rings (SSSR count). The van der Waals surface area contributed by atoms with E-state index in [0.29, 0.717) is 37.3 Å². The van der Waals surface area contributed by atoms with E-state index in [1.54, 1.807) is 17.0 Å². The minimum atomic E-state index is -0.285. The normalized spacial score (nSPS) is 30.3. The maximum Gasteiger partial charge on any atom is 0.318 e. The van der Waals surface area contributed by atoms with Crippen molar-refractivity contribution in [3.63, 3.8) is 0 Å². The molecule has 4 bridgehead atoms. The highest BCUT2D eigenvalue weighted by molar-refractivity contribution is 5.75. The van der Waals surface area contributed by atoms with Crippen LogP contribution in [0.2, 0.25) is 0 Å². The number of aromatic amines is 1. The second-order valence-electron chi connectivity index (χ2n) is 10.5. The molecule has 7 heteroatoms. The molecule has 2 amide bonds. The highest BCUT2D eigenvalue weighted by Crippen LogP contribution is 2.55. The SMILES string of the molecule is O=C(NC12CC3CC(CC(C3)C1)C2)N1CCc2nc(Cc3ccc(F)cc3)[nH]c(=O)c2C1. The number of nitrogens with one attached hydrogen (secondary N) is 2. The van der Waals surface area contributed by atoms with Crippen LogP contribution in [0.25, 0.3) is 0 Å². The molecule has 4 aliphatic carbocycles. The van der Waals surface area contributed by atoms with Crippen molar-refractivity contribution >= 4 is 6.03 Å². The lowest BCUT2D eigenvalue weighted by Crippen LogP contribution is -2.62. The third kappa shape index (κ3) is 3.61. The average molecular weight is 437 g/mol. The Hall–Kier alpha value is -2.70. The first-order valence-corrected chi connectivity index (χ1v) is 11.9. The lowest BCUT2D eigenvalue weighted by atomic mass is 9.53. The number of H-pyrrole nitrogens is 1. The highest BCUT2D eigenvalue weighted by atomic mass is 19.1. The predicted octanol–water partition coefficient (Wildman–Crippen LogP) is 3.54. The van der Waals surface area contributed by atoms with Crippen LogP contribution in [0, 0.1) is 23.6 Å². The van der Waals surface area contributed by atoms with Gasteiger partial charge < -0.3 is 15.2 Å². The Kier molecular flexibility index (Phi) is 4.63. The Morgan fingerprint density at radius 1 is 1.12 bits per heavy atom. The monoisotopic (exact) mass is 436 g/mol. The quantitative estimate of drug-likeness (QED) is 0.773. The van der Waals surface area contributed by atoms with Gasteiger partial charge in [0.1, 0.15) is 11.6 Å². The van der Waals surface area contributed by atoms with Crippen molar-refractivity contribution in [3.8, 4) is 0 Å². The summed E-state index contributed by atoms with van der Waals surface area (Å²) in [6.07, 6.45) is 8.38. The number of rotatable bonds is 3. The fraction of sp³-hybridized carbons (Fsp3) is 0.560. The molecule has 1 aromatic carbocycles. The lowest BCUT2D eigenvalue weighted by Gasteiger charge is -2.57. The standard InChI is InChI=1S/C25H29FN4O2/c26-19-3-1-15(2-4-19)10-22-27-21-5-6-30(14-20(21)23(31)28-22)24(32)29-25-11-16-7-17(12-25)9-18(8-16)13-25/h1-4,16-18H,5-14H2,(H,29,32)(H,27,28,31). The Morgan fingerprint density at radius 3 is 2.44 bits per heavy atom. The van der Waals surface area contributed by atoms with Crippen molar-refractivity contribution in [3.05, 3.63) is 63.1 Å². The van der Waals surface area contributed by atoms with Crippen molar-refractivity contribution in [2.24, 2.45) is 17.8 Å². The van der Waals surface area contributed by atoms with Gasteiger partial charge in [0, 0.05) is 24.9 Å². The highest BCUT2D eigenvalue weighted by Gasteiger charge is 2.51. The number of aromatic nitrogens is 2. The van der Waals surface area contributed by atoms with E-state index in [0.717, 1.165) is 48.3 Å². The van der Waals surface area contributed by atoms with E-state index in [1.807, 2.05) is 0 Å². The number of nitrogens with zero attached hydrogens (tertiary/aromatic N) is 2. The van der Waals surface area contributed by atoms with E-state index in [2.05, 4.69) is 15.3 Å². The topological polar surface area (TPSA) is 78.1 Å². The molecule has 168 valence electrons. The zero-order valence-electron chi connectivity index (χ0n) is 18.2. The van der Waals surface area contributed by atoms with Crippen LogP contribution in [-0.2, 0) is 19.4 Å². The summed E-state index contributed by atoms with van der Waals surface area (Å²) in [5, 5.41) is 3.42.